The lowest BCUT2D eigenvalue weighted by Crippen LogP contribution is -2.54. The van der Waals surface area contributed by atoms with Gasteiger partial charge in [-0.15, -0.1) is 0 Å². The number of ether oxygens (including phenoxy) is 1. The zero-order valence-corrected chi connectivity index (χ0v) is 13.1. The van der Waals surface area contributed by atoms with Crippen molar-refractivity contribution >= 4 is 11.7 Å². The molecule has 7 heteroatoms. The Hall–Kier alpha value is -1.34. The Kier molecular flexibility index (Phi) is 4.73. The topological polar surface area (TPSA) is 91.4 Å². The van der Waals surface area contributed by atoms with Crippen LogP contribution in [0, 0.1) is 11.3 Å². The van der Waals surface area contributed by atoms with E-state index in [9.17, 15) is 4.79 Å². The lowest BCUT2D eigenvalue weighted by molar-refractivity contribution is -0.141. The molecule has 0 aromatic carbocycles. The SMILES string of the molecule is CC1CN(C(=O)C2(C(N)=NO)CCOCC2)CC1N(C)C. The predicted molar refractivity (Wildman–Crippen MR) is 79.1 cm³/mol. The van der Waals surface area contributed by atoms with Crippen molar-refractivity contribution in [1.82, 2.24) is 9.80 Å². The molecule has 3 N–H and O–H groups in total. The van der Waals surface area contributed by atoms with Gasteiger partial charge in [-0.3, -0.25) is 4.79 Å². The summed E-state index contributed by atoms with van der Waals surface area (Å²) in [4.78, 5) is 17.0. The van der Waals surface area contributed by atoms with Crippen molar-refractivity contribution in [3.63, 3.8) is 0 Å². The third-order valence-electron chi connectivity index (χ3n) is 4.88. The number of carbonyl (C=O) groups excluding carboxylic acids is 1. The van der Waals surface area contributed by atoms with E-state index in [4.69, 9.17) is 15.7 Å². The van der Waals surface area contributed by atoms with E-state index in [1.165, 1.54) is 0 Å². The maximum Gasteiger partial charge on any atom is 0.236 e. The van der Waals surface area contributed by atoms with Crippen LogP contribution in [0.5, 0.6) is 0 Å². The van der Waals surface area contributed by atoms with Crippen molar-refractivity contribution in [2.75, 3.05) is 40.4 Å². The van der Waals surface area contributed by atoms with Crippen LogP contribution in [0.3, 0.4) is 0 Å². The van der Waals surface area contributed by atoms with Crippen LogP contribution in [0.4, 0.5) is 0 Å². The zero-order chi connectivity index (χ0) is 15.6. The summed E-state index contributed by atoms with van der Waals surface area (Å²) in [5.41, 5.74) is 4.96. The number of nitrogens with zero attached hydrogens (tertiary/aromatic N) is 3. The third-order valence-corrected chi connectivity index (χ3v) is 4.88. The van der Waals surface area contributed by atoms with Gasteiger partial charge in [0.25, 0.3) is 0 Å². The first-order valence-corrected chi connectivity index (χ1v) is 7.44. The van der Waals surface area contributed by atoms with Crippen molar-refractivity contribution in [2.45, 2.75) is 25.8 Å². The average molecular weight is 298 g/mol. The van der Waals surface area contributed by atoms with Crippen LogP contribution in [0.25, 0.3) is 0 Å². The van der Waals surface area contributed by atoms with E-state index < -0.39 is 5.41 Å². The highest BCUT2D eigenvalue weighted by Gasteiger charge is 2.49. The van der Waals surface area contributed by atoms with Crippen LogP contribution in [0.15, 0.2) is 5.16 Å². The Morgan fingerprint density at radius 2 is 2.00 bits per heavy atom. The van der Waals surface area contributed by atoms with Gasteiger partial charge in [0.1, 0.15) is 5.41 Å². The zero-order valence-electron chi connectivity index (χ0n) is 13.1. The lowest BCUT2D eigenvalue weighted by atomic mass is 9.77. The van der Waals surface area contributed by atoms with E-state index in [-0.39, 0.29) is 11.7 Å². The molecule has 2 atom stereocenters. The summed E-state index contributed by atoms with van der Waals surface area (Å²) >= 11 is 0. The van der Waals surface area contributed by atoms with E-state index in [1.54, 1.807) is 0 Å². The van der Waals surface area contributed by atoms with Gasteiger partial charge in [0.15, 0.2) is 5.84 Å². The minimum Gasteiger partial charge on any atom is -0.409 e. The van der Waals surface area contributed by atoms with Crippen molar-refractivity contribution in [3.05, 3.63) is 0 Å². The summed E-state index contributed by atoms with van der Waals surface area (Å²) in [7, 11) is 4.06. The van der Waals surface area contributed by atoms with Gasteiger partial charge in [-0.25, -0.2) is 0 Å². The molecule has 120 valence electrons. The lowest BCUT2D eigenvalue weighted by Gasteiger charge is -2.37. The smallest absolute Gasteiger partial charge is 0.236 e. The molecule has 2 saturated heterocycles. The Labute approximate surface area is 125 Å². The molecule has 0 saturated carbocycles. The highest BCUT2D eigenvalue weighted by Crippen LogP contribution is 2.35. The first kappa shape index (κ1) is 16.0. The third kappa shape index (κ3) is 2.85. The summed E-state index contributed by atoms with van der Waals surface area (Å²) in [6.07, 6.45) is 0.943. The minimum atomic E-state index is -0.909. The molecule has 0 spiro atoms. The summed E-state index contributed by atoms with van der Waals surface area (Å²) in [6, 6.07) is 0.345. The van der Waals surface area contributed by atoms with Crippen LogP contribution < -0.4 is 5.73 Å². The predicted octanol–water partition coefficient (Wildman–Crippen LogP) is -0.0619. The highest BCUT2D eigenvalue weighted by molar-refractivity contribution is 6.07. The minimum absolute atomic E-state index is 0.0109. The molecule has 0 aromatic heterocycles. The van der Waals surface area contributed by atoms with Crippen LogP contribution in [-0.2, 0) is 9.53 Å². The van der Waals surface area contributed by atoms with Gasteiger partial charge in [0, 0.05) is 32.3 Å². The Balaban J connectivity index is 2.20. The maximum atomic E-state index is 13.0. The normalized spacial score (nSPS) is 29.9. The van der Waals surface area contributed by atoms with E-state index in [1.807, 2.05) is 19.0 Å². The van der Waals surface area contributed by atoms with Gasteiger partial charge >= 0.3 is 0 Å². The van der Waals surface area contributed by atoms with E-state index >= 15 is 0 Å². The van der Waals surface area contributed by atoms with Gasteiger partial charge < -0.3 is 25.5 Å². The molecule has 2 heterocycles. The van der Waals surface area contributed by atoms with E-state index in [0.29, 0.717) is 51.1 Å². The number of oxime groups is 1. The number of hydrogen-bond donors (Lipinski definition) is 2. The molecule has 2 fully saturated rings. The van der Waals surface area contributed by atoms with E-state index in [2.05, 4.69) is 17.0 Å². The fourth-order valence-corrected chi connectivity index (χ4v) is 3.49. The van der Waals surface area contributed by atoms with Gasteiger partial charge in [-0.2, -0.15) is 0 Å². The fourth-order valence-electron chi connectivity index (χ4n) is 3.49. The van der Waals surface area contributed by atoms with Crippen LogP contribution in [0.2, 0.25) is 0 Å². The molecule has 1 amide bonds. The van der Waals surface area contributed by atoms with Crippen molar-refractivity contribution in [1.29, 1.82) is 0 Å². The van der Waals surface area contributed by atoms with Crippen LogP contribution in [0.1, 0.15) is 19.8 Å². The van der Waals surface area contributed by atoms with Crippen molar-refractivity contribution in [3.8, 4) is 0 Å². The molecule has 2 unspecified atom stereocenters. The van der Waals surface area contributed by atoms with E-state index in [0.717, 1.165) is 0 Å². The number of nitrogens with two attached hydrogens (primary N) is 1. The van der Waals surface area contributed by atoms with Crippen LogP contribution >= 0.6 is 0 Å². The number of likely N-dealkylation sites (N-methyl/N-ethyl adjacent to an activating group) is 1. The molecular formula is C14H26N4O3. The molecule has 2 aliphatic rings. The molecular weight excluding hydrogens is 272 g/mol. The average Bonchev–Trinajstić information content (AvgIpc) is 2.88. The van der Waals surface area contributed by atoms with Crippen molar-refractivity contribution in [2.24, 2.45) is 22.2 Å². The van der Waals surface area contributed by atoms with Crippen LogP contribution in [-0.4, -0.2) is 73.2 Å². The molecule has 0 aromatic rings. The number of carbonyl (C=O) groups is 1. The number of amides is 1. The number of hydrogen-bond acceptors (Lipinski definition) is 5. The first-order valence-electron chi connectivity index (χ1n) is 7.44. The monoisotopic (exact) mass is 298 g/mol. The Morgan fingerprint density at radius 1 is 1.38 bits per heavy atom. The second-order valence-electron chi connectivity index (χ2n) is 6.40. The number of likely N-dealkylation sites (tertiary alicyclic amines) is 1. The number of rotatable bonds is 3. The second-order valence-corrected chi connectivity index (χ2v) is 6.40. The largest absolute Gasteiger partial charge is 0.409 e. The number of amidine groups is 1. The van der Waals surface area contributed by atoms with Gasteiger partial charge in [-0.1, -0.05) is 12.1 Å². The molecule has 2 aliphatic heterocycles. The Bertz CT molecular complexity index is 418. The fraction of sp³-hybridized carbons (Fsp3) is 0.857. The summed E-state index contributed by atoms with van der Waals surface area (Å²) in [6.45, 7) is 4.47. The quantitative estimate of drug-likeness (QED) is 0.330. The van der Waals surface area contributed by atoms with Gasteiger partial charge in [0.05, 0.1) is 0 Å². The highest BCUT2D eigenvalue weighted by atomic mass is 16.5. The Morgan fingerprint density at radius 3 is 2.48 bits per heavy atom. The maximum absolute atomic E-state index is 13.0. The summed E-state index contributed by atoms with van der Waals surface area (Å²) in [5.74, 6) is 0.391. The molecule has 7 nitrogen and oxygen atoms in total. The molecule has 0 aliphatic carbocycles. The molecule has 0 radical (unpaired) electrons. The molecule has 0 bridgehead atoms. The summed E-state index contributed by atoms with van der Waals surface area (Å²) < 4.78 is 5.34. The molecule has 2 rings (SSSR count). The second kappa shape index (κ2) is 6.19. The standard InChI is InChI=1S/C14H26N4O3/c1-10-8-18(9-11(10)17(2)3)13(19)14(12(15)16-20)4-6-21-7-5-14/h10-11,20H,4-9H2,1-3H3,(H2,15,16). The summed E-state index contributed by atoms with van der Waals surface area (Å²) in [5, 5.41) is 12.2. The van der Waals surface area contributed by atoms with Gasteiger partial charge in [-0.05, 0) is 32.9 Å². The van der Waals surface area contributed by atoms with Crippen molar-refractivity contribution < 1.29 is 14.7 Å². The van der Waals surface area contributed by atoms with Gasteiger partial charge in [0.2, 0.25) is 5.91 Å². The first-order chi connectivity index (χ1) is 9.92. The molecule has 21 heavy (non-hydrogen) atoms.